The molecule has 2 aromatic heterocycles. The highest BCUT2D eigenvalue weighted by Gasteiger charge is 2.28. The highest BCUT2D eigenvalue weighted by Crippen LogP contribution is 2.37. The number of piperidine rings is 4. The lowest BCUT2D eigenvalue weighted by Crippen LogP contribution is -2.44. The quantitative estimate of drug-likeness (QED) is 0.211. The number of hydrogen-bond donors (Lipinski definition) is 1. The van der Waals surface area contributed by atoms with Crippen molar-refractivity contribution < 1.29 is 19.0 Å². The molecule has 8 rings (SSSR count). The molecule has 4 fully saturated rings. The van der Waals surface area contributed by atoms with Crippen LogP contribution in [0.4, 0.5) is 16.2 Å². The topological polar surface area (TPSA) is 92.3 Å². The van der Waals surface area contributed by atoms with Crippen LogP contribution >= 0.6 is 0 Å². The maximum absolute atomic E-state index is 12.3. The molecule has 4 aromatic rings. The Morgan fingerprint density at radius 3 is 1.57 bits per heavy atom. The van der Waals surface area contributed by atoms with Gasteiger partial charge in [-0.2, -0.15) is 0 Å². The first kappa shape index (κ1) is 37.0. The van der Waals surface area contributed by atoms with Crippen molar-refractivity contribution in [3.63, 3.8) is 0 Å². The van der Waals surface area contributed by atoms with Crippen molar-refractivity contribution in [2.24, 2.45) is 0 Å². The van der Waals surface area contributed by atoms with Crippen molar-refractivity contribution in [2.45, 2.75) is 103 Å². The van der Waals surface area contributed by atoms with E-state index >= 15 is 0 Å². The van der Waals surface area contributed by atoms with Crippen LogP contribution in [-0.4, -0.2) is 91.1 Å². The van der Waals surface area contributed by atoms with Crippen LogP contribution in [0.5, 0.6) is 11.5 Å². The van der Waals surface area contributed by atoms with Crippen molar-refractivity contribution in [2.75, 3.05) is 62.2 Å². The van der Waals surface area contributed by atoms with Gasteiger partial charge in [-0.3, -0.25) is 9.97 Å². The number of nitrogens with zero attached hydrogens (tertiary/aromatic N) is 5. The standard InChI is InChI=1S/C24H33N3O3.C19H25N3O/c1-24(2,3)30-23(28)27-15-10-18(11-16-27)29-22-8-7-21(26-13-5-4-6-14-26)19-9-12-25-17-20(19)22;1-2-12-22(13-3-1)18-4-5-19(17-14-21-11-8-16(17)18)23-15-6-9-20-10-7-15/h7-9,12,17-18H,4-6,10-11,13-16H2,1-3H3;4-5,8,11,14-15,20H,1-3,6-7,9-10,12-13H2. The summed E-state index contributed by atoms with van der Waals surface area (Å²) in [5.41, 5.74) is 2.14. The monoisotopic (exact) mass is 722 g/mol. The van der Waals surface area contributed by atoms with Crippen LogP contribution in [0.2, 0.25) is 0 Å². The molecule has 10 heteroatoms. The van der Waals surface area contributed by atoms with E-state index in [1.807, 2.05) is 45.6 Å². The molecule has 0 atom stereocenters. The van der Waals surface area contributed by atoms with Gasteiger partial charge < -0.3 is 34.2 Å². The molecule has 0 radical (unpaired) electrons. The summed E-state index contributed by atoms with van der Waals surface area (Å²) in [6.45, 7) is 13.6. The number of hydrogen-bond acceptors (Lipinski definition) is 9. The molecule has 0 aliphatic carbocycles. The van der Waals surface area contributed by atoms with E-state index in [1.54, 1.807) is 4.90 Å². The van der Waals surface area contributed by atoms with E-state index in [9.17, 15) is 4.79 Å². The van der Waals surface area contributed by atoms with Gasteiger partial charge >= 0.3 is 6.09 Å². The average Bonchev–Trinajstić information content (AvgIpc) is 3.19. The molecule has 1 N–H and O–H groups in total. The summed E-state index contributed by atoms with van der Waals surface area (Å²) in [6.07, 6.45) is 19.3. The molecule has 53 heavy (non-hydrogen) atoms. The number of pyridine rings is 2. The summed E-state index contributed by atoms with van der Waals surface area (Å²) in [5, 5.41) is 8.08. The third-order valence-corrected chi connectivity index (χ3v) is 10.9. The van der Waals surface area contributed by atoms with Crippen LogP contribution in [0.3, 0.4) is 0 Å². The van der Waals surface area contributed by atoms with Gasteiger partial charge in [-0.25, -0.2) is 4.79 Å². The van der Waals surface area contributed by atoms with E-state index in [1.165, 1.54) is 60.7 Å². The van der Waals surface area contributed by atoms with Gasteiger partial charge in [0.1, 0.15) is 29.3 Å². The van der Waals surface area contributed by atoms with Gasteiger partial charge in [0.2, 0.25) is 0 Å². The predicted molar refractivity (Wildman–Crippen MR) is 214 cm³/mol. The van der Waals surface area contributed by atoms with Gasteiger partial charge in [0.25, 0.3) is 0 Å². The molecule has 1 amide bonds. The normalized spacial score (nSPS) is 19.1. The number of ether oxygens (including phenoxy) is 3. The second-order valence-corrected chi connectivity index (χ2v) is 16.0. The molecule has 6 heterocycles. The SMILES string of the molecule is CC(C)(C)OC(=O)N1CCC(Oc2ccc(N3CCCCC3)c3ccncc23)CC1.c1cc2c(N3CCCCC3)ccc(OC3CCNCC3)c2cn1. The van der Waals surface area contributed by atoms with E-state index in [0.717, 1.165) is 87.2 Å². The number of amides is 1. The number of aromatic nitrogens is 2. The fourth-order valence-electron chi connectivity index (χ4n) is 8.08. The van der Waals surface area contributed by atoms with E-state index in [4.69, 9.17) is 14.2 Å². The van der Waals surface area contributed by atoms with Gasteiger partial charge in [0.15, 0.2) is 0 Å². The minimum absolute atomic E-state index is 0.0907. The lowest BCUT2D eigenvalue weighted by molar-refractivity contribution is 0.0128. The second-order valence-electron chi connectivity index (χ2n) is 16.0. The number of benzene rings is 2. The maximum Gasteiger partial charge on any atom is 0.410 e. The number of anilines is 2. The fraction of sp³-hybridized carbons (Fsp3) is 0.558. The van der Waals surface area contributed by atoms with Crippen LogP contribution in [-0.2, 0) is 4.74 Å². The zero-order valence-electron chi connectivity index (χ0n) is 32.0. The van der Waals surface area contributed by atoms with Crippen molar-refractivity contribution in [3.05, 3.63) is 61.2 Å². The summed E-state index contributed by atoms with van der Waals surface area (Å²) >= 11 is 0. The third-order valence-electron chi connectivity index (χ3n) is 10.9. The number of nitrogens with one attached hydrogen (secondary N) is 1. The van der Waals surface area contributed by atoms with E-state index in [0.29, 0.717) is 19.2 Å². The first-order chi connectivity index (χ1) is 25.8. The van der Waals surface area contributed by atoms with Gasteiger partial charge in [-0.05, 0) is 122 Å². The minimum Gasteiger partial charge on any atom is -0.490 e. The number of fused-ring (bicyclic) bond motifs is 2. The van der Waals surface area contributed by atoms with Crippen LogP contribution in [0.15, 0.2) is 61.2 Å². The van der Waals surface area contributed by atoms with Gasteiger partial charge in [0, 0.05) is 110 Å². The molecule has 0 bridgehead atoms. The molecule has 4 aliphatic rings. The third kappa shape index (κ3) is 9.44. The predicted octanol–water partition coefficient (Wildman–Crippen LogP) is 8.36. The van der Waals surface area contributed by atoms with Crippen molar-refractivity contribution in [3.8, 4) is 11.5 Å². The number of rotatable bonds is 6. The van der Waals surface area contributed by atoms with Crippen LogP contribution in [0, 0.1) is 0 Å². The molecule has 4 saturated heterocycles. The van der Waals surface area contributed by atoms with E-state index < -0.39 is 5.60 Å². The summed E-state index contributed by atoms with van der Waals surface area (Å²) in [5.74, 6) is 1.87. The molecular formula is C43H58N6O4. The molecule has 4 aliphatic heterocycles. The summed E-state index contributed by atoms with van der Waals surface area (Å²) in [6, 6.07) is 12.9. The summed E-state index contributed by atoms with van der Waals surface area (Å²) in [7, 11) is 0. The first-order valence-corrected chi connectivity index (χ1v) is 20.1. The summed E-state index contributed by atoms with van der Waals surface area (Å²) in [4.78, 5) is 27.8. The molecule has 2 aromatic carbocycles. The Morgan fingerprint density at radius 1 is 0.623 bits per heavy atom. The minimum atomic E-state index is -0.466. The molecule has 10 nitrogen and oxygen atoms in total. The van der Waals surface area contributed by atoms with Gasteiger partial charge in [-0.15, -0.1) is 0 Å². The molecule has 0 spiro atoms. The first-order valence-electron chi connectivity index (χ1n) is 20.1. The number of carbonyl (C=O) groups is 1. The van der Waals surface area contributed by atoms with Gasteiger partial charge in [0.05, 0.1) is 0 Å². The van der Waals surface area contributed by atoms with Gasteiger partial charge in [-0.1, -0.05) is 0 Å². The molecule has 284 valence electrons. The van der Waals surface area contributed by atoms with Crippen LogP contribution in [0.25, 0.3) is 21.5 Å². The summed E-state index contributed by atoms with van der Waals surface area (Å²) < 4.78 is 18.2. The van der Waals surface area contributed by atoms with E-state index in [-0.39, 0.29) is 12.2 Å². The second kappa shape index (κ2) is 17.2. The van der Waals surface area contributed by atoms with E-state index in [2.05, 4.69) is 61.5 Å². The fourth-order valence-corrected chi connectivity index (χ4v) is 8.08. The lowest BCUT2D eigenvalue weighted by atomic mass is 10.0. The highest BCUT2D eigenvalue weighted by molar-refractivity contribution is 5.98. The smallest absolute Gasteiger partial charge is 0.410 e. The molecule has 0 saturated carbocycles. The average molecular weight is 723 g/mol. The number of likely N-dealkylation sites (tertiary alicyclic amines) is 1. The Hall–Kier alpha value is -4.31. The Bertz CT molecular complexity index is 1800. The molecule has 0 unspecified atom stereocenters. The Labute approximate surface area is 315 Å². The largest absolute Gasteiger partial charge is 0.490 e. The maximum atomic E-state index is 12.3. The highest BCUT2D eigenvalue weighted by atomic mass is 16.6. The van der Waals surface area contributed by atoms with Crippen molar-refractivity contribution >= 4 is 39.0 Å². The zero-order chi connectivity index (χ0) is 36.6. The Kier molecular flexibility index (Phi) is 12.0. The van der Waals surface area contributed by atoms with Crippen molar-refractivity contribution in [1.82, 2.24) is 20.2 Å². The van der Waals surface area contributed by atoms with Crippen LogP contribution in [0.1, 0.15) is 85.0 Å². The van der Waals surface area contributed by atoms with Crippen LogP contribution < -0.4 is 24.6 Å². The molecular weight excluding hydrogens is 665 g/mol. The Balaban J connectivity index is 0.000000170. The van der Waals surface area contributed by atoms with Crippen molar-refractivity contribution in [1.29, 1.82) is 0 Å². The zero-order valence-corrected chi connectivity index (χ0v) is 32.0. The number of carbonyl (C=O) groups excluding carboxylic acids is 1. The Morgan fingerprint density at radius 2 is 1.09 bits per heavy atom. The lowest BCUT2D eigenvalue weighted by Gasteiger charge is -2.34.